The van der Waals surface area contributed by atoms with Crippen LogP contribution in [-0.4, -0.2) is 75.1 Å². The average molecular weight is 638 g/mol. The maximum Gasteiger partial charge on any atom is 0.417 e. The number of hydrogen-bond acceptors (Lipinski definition) is 7. The Morgan fingerprint density at radius 2 is 1.93 bits per heavy atom. The van der Waals surface area contributed by atoms with Crippen LogP contribution in [0.5, 0.6) is 6.01 Å². The number of aliphatic hydroxyl groups is 1. The van der Waals surface area contributed by atoms with E-state index >= 15 is 4.39 Å². The van der Waals surface area contributed by atoms with E-state index < -0.39 is 40.4 Å². The largest absolute Gasteiger partial charge is 0.461 e. The molecule has 0 spiro atoms. The number of alkyl halides is 4. The van der Waals surface area contributed by atoms with Crippen molar-refractivity contribution in [2.75, 3.05) is 37.7 Å². The molecule has 12 heteroatoms. The molecule has 0 aliphatic carbocycles. The molecular weight excluding hydrogens is 605 g/mol. The van der Waals surface area contributed by atoms with E-state index in [1.807, 2.05) is 4.90 Å². The van der Waals surface area contributed by atoms with E-state index in [1.54, 1.807) is 19.1 Å². The molecule has 2 aromatic carbocycles. The van der Waals surface area contributed by atoms with Crippen molar-refractivity contribution in [1.82, 2.24) is 19.9 Å². The van der Waals surface area contributed by atoms with Gasteiger partial charge in [0.15, 0.2) is 5.82 Å². The summed E-state index contributed by atoms with van der Waals surface area (Å²) in [6, 6.07) is 6.77. The molecule has 3 aliphatic rings. The van der Waals surface area contributed by atoms with Gasteiger partial charge in [0.2, 0.25) is 0 Å². The van der Waals surface area contributed by atoms with Gasteiger partial charge >= 0.3 is 12.2 Å². The number of hydrogen-bond donors (Lipinski definition) is 1. The number of terminal acetylenes is 1. The number of rotatable bonds is 5. The van der Waals surface area contributed by atoms with Gasteiger partial charge in [-0.3, -0.25) is 9.88 Å². The van der Waals surface area contributed by atoms with Crippen LogP contribution in [0.4, 0.5) is 27.8 Å². The number of ether oxygens (including phenoxy) is 1. The van der Waals surface area contributed by atoms with Gasteiger partial charge < -0.3 is 14.7 Å². The topological polar surface area (TPSA) is 74.6 Å². The van der Waals surface area contributed by atoms with Gasteiger partial charge in [0, 0.05) is 48.8 Å². The average Bonchev–Trinajstić information content (AvgIpc) is 3.54. The second kappa shape index (κ2) is 11.0. The summed E-state index contributed by atoms with van der Waals surface area (Å²) in [4.78, 5) is 17.4. The highest BCUT2D eigenvalue weighted by Gasteiger charge is 2.49. The fourth-order valence-corrected chi connectivity index (χ4v) is 7.53. The van der Waals surface area contributed by atoms with Crippen molar-refractivity contribution in [3.63, 3.8) is 0 Å². The van der Waals surface area contributed by atoms with Gasteiger partial charge in [-0.05, 0) is 50.6 Å². The van der Waals surface area contributed by atoms with E-state index in [2.05, 4.69) is 25.8 Å². The van der Waals surface area contributed by atoms with Gasteiger partial charge in [-0.1, -0.05) is 30.2 Å². The predicted octanol–water partition coefficient (Wildman–Crippen LogP) is 6.29. The molecule has 0 saturated carbocycles. The fourth-order valence-electron chi connectivity index (χ4n) is 7.53. The van der Waals surface area contributed by atoms with Crippen LogP contribution in [0.3, 0.4) is 0 Å². The Labute approximate surface area is 262 Å². The highest BCUT2D eigenvalue weighted by Crippen LogP contribution is 2.42. The Morgan fingerprint density at radius 3 is 2.70 bits per heavy atom. The summed E-state index contributed by atoms with van der Waals surface area (Å²) in [5.74, 6) is 1.60. The van der Waals surface area contributed by atoms with Gasteiger partial charge in [0.05, 0.1) is 22.1 Å². The van der Waals surface area contributed by atoms with Crippen molar-refractivity contribution in [3.05, 3.63) is 53.5 Å². The highest BCUT2D eigenvalue weighted by atomic mass is 19.4. The summed E-state index contributed by atoms with van der Waals surface area (Å²) >= 11 is 0. The molecule has 1 N–H and O–H groups in total. The maximum absolute atomic E-state index is 16.7. The standard InChI is InChI=1S/C34H32F5N5O2/c1-3-22-25(34(37,38)39)10-9-20-7-4-8-23(26(20)22)28-27(36)29-24(16-40-28)30(43-13-5-11-32(2,45)18-43)42-31(41-29)46-19-33-12-6-14-44(33)17-21(35)15-33/h1,4,7-10,16,21,45H,5-6,11-15,17-19H2,2H3/t21-,32-,33+/m1/s1. The highest BCUT2D eigenvalue weighted by molar-refractivity contribution is 6.02. The molecule has 0 amide bonds. The van der Waals surface area contributed by atoms with Crippen molar-refractivity contribution in [2.45, 2.75) is 62.5 Å². The summed E-state index contributed by atoms with van der Waals surface area (Å²) < 4.78 is 79.1. The summed E-state index contributed by atoms with van der Waals surface area (Å²) in [7, 11) is 0. The van der Waals surface area contributed by atoms with Crippen molar-refractivity contribution >= 4 is 27.5 Å². The maximum atomic E-state index is 16.7. The second-order valence-electron chi connectivity index (χ2n) is 12.9. The van der Waals surface area contributed by atoms with Crippen LogP contribution < -0.4 is 9.64 Å². The number of β-amino-alcohol motifs (C(OH)–C–C–N with tert-alkyl or cyclic N) is 1. The van der Waals surface area contributed by atoms with Crippen LogP contribution in [0.1, 0.15) is 50.2 Å². The second-order valence-corrected chi connectivity index (χ2v) is 12.9. The first kappa shape index (κ1) is 30.6. The molecule has 3 atom stereocenters. The van der Waals surface area contributed by atoms with Crippen LogP contribution in [0.2, 0.25) is 0 Å². The molecule has 4 aromatic rings. The quantitative estimate of drug-likeness (QED) is 0.204. The molecule has 3 saturated heterocycles. The number of aromatic nitrogens is 3. The van der Waals surface area contributed by atoms with E-state index in [4.69, 9.17) is 11.2 Å². The lowest BCUT2D eigenvalue weighted by Crippen LogP contribution is -2.46. The van der Waals surface area contributed by atoms with E-state index in [1.165, 1.54) is 18.3 Å². The lowest BCUT2D eigenvalue weighted by atomic mass is 9.93. The smallest absolute Gasteiger partial charge is 0.417 e. The normalized spacial score (nSPS) is 25.3. The minimum absolute atomic E-state index is 0.0471. The van der Waals surface area contributed by atoms with Crippen molar-refractivity contribution in [2.24, 2.45) is 0 Å². The van der Waals surface area contributed by atoms with E-state index in [0.29, 0.717) is 43.6 Å². The molecule has 3 aliphatic heterocycles. The number of piperidine rings is 1. The zero-order valence-corrected chi connectivity index (χ0v) is 25.2. The number of halogens is 5. The Kier molecular flexibility index (Phi) is 7.32. The van der Waals surface area contributed by atoms with Crippen molar-refractivity contribution < 1.29 is 31.8 Å². The van der Waals surface area contributed by atoms with Gasteiger partial charge in [0.25, 0.3) is 0 Å². The summed E-state index contributed by atoms with van der Waals surface area (Å²) in [5.41, 5.74) is -3.22. The van der Waals surface area contributed by atoms with E-state index in [-0.39, 0.29) is 46.7 Å². The van der Waals surface area contributed by atoms with Crippen LogP contribution in [0.15, 0.2) is 36.5 Å². The number of nitrogens with zero attached hydrogens (tertiary/aromatic N) is 5. The molecule has 46 heavy (non-hydrogen) atoms. The third-order valence-corrected chi connectivity index (χ3v) is 9.60. The molecule has 240 valence electrons. The number of benzene rings is 2. The SMILES string of the molecule is C#Cc1c(C(F)(F)F)ccc2cccc(-c3ncc4c(N5CCC[C@@](C)(O)C5)nc(OC[C@@]56CCCN5C[C@H](F)C6)nc4c3F)c12. The Bertz CT molecular complexity index is 1890. The fraction of sp³-hybridized carbons (Fsp3) is 0.441. The molecule has 5 heterocycles. The van der Waals surface area contributed by atoms with Crippen LogP contribution in [0, 0.1) is 18.2 Å². The van der Waals surface area contributed by atoms with Crippen LogP contribution >= 0.6 is 0 Å². The first-order valence-electron chi connectivity index (χ1n) is 15.3. The first-order chi connectivity index (χ1) is 21.9. The van der Waals surface area contributed by atoms with Gasteiger partial charge in [-0.2, -0.15) is 23.1 Å². The zero-order chi connectivity index (χ0) is 32.4. The Hall–Kier alpha value is -4.08. The number of anilines is 1. The van der Waals surface area contributed by atoms with Crippen LogP contribution in [-0.2, 0) is 6.18 Å². The molecule has 7 rings (SSSR count). The third kappa shape index (κ3) is 5.19. The first-order valence-corrected chi connectivity index (χ1v) is 15.3. The number of pyridine rings is 1. The Morgan fingerprint density at radius 1 is 1.13 bits per heavy atom. The Balaban J connectivity index is 1.38. The van der Waals surface area contributed by atoms with Gasteiger partial charge in [-0.25, -0.2) is 8.78 Å². The predicted molar refractivity (Wildman–Crippen MR) is 164 cm³/mol. The molecule has 3 fully saturated rings. The van der Waals surface area contributed by atoms with Gasteiger partial charge in [0.1, 0.15) is 29.8 Å². The van der Waals surface area contributed by atoms with E-state index in [9.17, 15) is 22.7 Å². The third-order valence-electron chi connectivity index (χ3n) is 9.60. The van der Waals surface area contributed by atoms with Crippen LogP contribution in [0.25, 0.3) is 32.9 Å². The minimum Gasteiger partial charge on any atom is -0.461 e. The molecule has 7 nitrogen and oxygen atoms in total. The summed E-state index contributed by atoms with van der Waals surface area (Å²) in [5, 5.41) is 11.6. The summed E-state index contributed by atoms with van der Waals surface area (Å²) in [6.45, 7) is 3.68. The number of fused-ring (bicyclic) bond motifs is 3. The lowest BCUT2D eigenvalue weighted by Gasteiger charge is -2.38. The molecule has 0 bridgehead atoms. The zero-order valence-electron chi connectivity index (χ0n) is 25.2. The molecule has 0 radical (unpaired) electrons. The van der Waals surface area contributed by atoms with E-state index in [0.717, 1.165) is 25.5 Å². The molecular formula is C34H32F5N5O2. The van der Waals surface area contributed by atoms with Crippen molar-refractivity contribution in [1.29, 1.82) is 0 Å². The van der Waals surface area contributed by atoms with Crippen molar-refractivity contribution in [3.8, 4) is 29.6 Å². The monoisotopic (exact) mass is 637 g/mol. The molecule has 2 aromatic heterocycles. The van der Waals surface area contributed by atoms with Gasteiger partial charge in [-0.15, -0.1) is 6.42 Å². The lowest BCUT2D eigenvalue weighted by molar-refractivity contribution is -0.137. The minimum atomic E-state index is -4.72. The molecule has 0 unspecified atom stereocenters. The summed E-state index contributed by atoms with van der Waals surface area (Å²) in [6.07, 6.45) is 4.53.